The zero-order valence-electron chi connectivity index (χ0n) is 16.9. The number of hydrogen-bond donors (Lipinski definition) is 0. The van der Waals surface area contributed by atoms with Crippen molar-refractivity contribution < 1.29 is 9.53 Å². The van der Waals surface area contributed by atoms with Gasteiger partial charge >= 0.3 is 5.97 Å². The van der Waals surface area contributed by atoms with E-state index in [0.717, 1.165) is 5.69 Å². The molecule has 7 nitrogen and oxygen atoms in total. The SMILES string of the molecule is CCOC(=O)Cn1c2cc(-n3ccnc3)ccc2c(=O)c2ccc(Cl)c(N(C)C)c21. The summed E-state index contributed by atoms with van der Waals surface area (Å²) in [6, 6.07) is 8.92. The number of rotatable bonds is 5. The van der Waals surface area contributed by atoms with E-state index in [1.807, 2.05) is 46.5 Å². The number of benzene rings is 2. The number of carbonyl (C=O) groups is 1. The molecular formula is C22H21ClN4O3. The third kappa shape index (κ3) is 3.31. The molecule has 30 heavy (non-hydrogen) atoms. The van der Waals surface area contributed by atoms with Crippen molar-refractivity contribution in [1.29, 1.82) is 0 Å². The van der Waals surface area contributed by atoms with Crippen molar-refractivity contribution in [3.05, 3.63) is 64.3 Å². The Morgan fingerprint density at radius 1 is 1.20 bits per heavy atom. The van der Waals surface area contributed by atoms with Crippen molar-refractivity contribution in [2.75, 3.05) is 25.6 Å². The summed E-state index contributed by atoms with van der Waals surface area (Å²) < 4.78 is 8.86. The third-order valence-electron chi connectivity index (χ3n) is 4.98. The molecule has 0 unspecified atom stereocenters. The molecule has 0 N–H and O–H groups in total. The second-order valence-electron chi connectivity index (χ2n) is 7.08. The van der Waals surface area contributed by atoms with E-state index in [9.17, 15) is 9.59 Å². The van der Waals surface area contributed by atoms with E-state index < -0.39 is 0 Å². The van der Waals surface area contributed by atoms with Crippen LogP contribution in [0.2, 0.25) is 5.02 Å². The minimum Gasteiger partial charge on any atom is -0.465 e. The number of anilines is 1. The van der Waals surface area contributed by atoms with Gasteiger partial charge in [-0.25, -0.2) is 4.98 Å². The summed E-state index contributed by atoms with van der Waals surface area (Å²) in [7, 11) is 3.71. The lowest BCUT2D eigenvalue weighted by Crippen LogP contribution is -2.21. The first-order chi connectivity index (χ1) is 14.4. The second kappa shape index (κ2) is 7.84. The molecular weight excluding hydrogens is 404 g/mol. The van der Waals surface area contributed by atoms with Crippen molar-refractivity contribution in [2.45, 2.75) is 13.5 Å². The van der Waals surface area contributed by atoms with Gasteiger partial charge in [0.05, 0.1) is 34.7 Å². The van der Waals surface area contributed by atoms with Crippen LogP contribution < -0.4 is 10.3 Å². The smallest absolute Gasteiger partial charge is 0.325 e. The number of halogens is 1. The summed E-state index contributed by atoms with van der Waals surface area (Å²) in [5.41, 5.74) is 2.60. The maximum atomic E-state index is 13.3. The largest absolute Gasteiger partial charge is 0.465 e. The molecule has 4 rings (SSSR count). The van der Waals surface area contributed by atoms with Crippen LogP contribution in [0.4, 0.5) is 5.69 Å². The van der Waals surface area contributed by atoms with E-state index in [-0.39, 0.29) is 24.5 Å². The van der Waals surface area contributed by atoms with Gasteiger partial charge < -0.3 is 18.8 Å². The highest BCUT2D eigenvalue weighted by atomic mass is 35.5. The monoisotopic (exact) mass is 424 g/mol. The lowest BCUT2D eigenvalue weighted by Gasteiger charge is -2.22. The molecule has 0 aliphatic carbocycles. The predicted molar refractivity (Wildman–Crippen MR) is 119 cm³/mol. The fraction of sp³-hybridized carbons (Fsp3) is 0.227. The lowest BCUT2D eigenvalue weighted by atomic mass is 10.1. The van der Waals surface area contributed by atoms with Crippen LogP contribution in [0.15, 0.2) is 53.8 Å². The lowest BCUT2D eigenvalue weighted by molar-refractivity contribution is -0.143. The maximum Gasteiger partial charge on any atom is 0.325 e. The molecule has 0 saturated carbocycles. The Morgan fingerprint density at radius 3 is 2.63 bits per heavy atom. The molecule has 0 aliphatic rings. The molecule has 8 heteroatoms. The molecule has 154 valence electrons. The van der Waals surface area contributed by atoms with Gasteiger partial charge in [-0.05, 0) is 37.3 Å². The number of hydrogen-bond acceptors (Lipinski definition) is 5. The first-order valence-electron chi connectivity index (χ1n) is 9.52. The third-order valence-corrected chi connectivity index (χ3v) is 5.28. The predicted octanol–water partition coefficient (Wildman–Crippen LogP) is 3.62. The van der Waals surface area contributed by atoms with Gasteiger partial charge in [-0.1, -0.05) is 11.6 Å². The average Bonchev–Trinajstić information content (AvgIpc) is 3.25. The topological polar surface area (TPSA) is 69.4 Å². The first-order valence-corrected chi connectivity index (χ1v) is 9.90. The number of fused-ring (bicyclic) bond motifs is 2. The molecule has 0 atom stereocenters. The van der Waals surface area contributed by atoms with E-state index in [0.29, 0.717) is 32.5 Å². The standard InChI is InChI=1S/C22H21ClN4O3/c1-4-30-19(28)12-27-18-11-14(26-10-9-24-13-26)5-6-15(18)22(29)16-7-8-17(23)21(20(16)27)25(2)3/h5-11,13H,4,12H2,1-3H3. The molecule has 0 aliphatic heterocycles. The van der Waals surface area contributed by atoms with Gasteiger partial charge in [0.1, 0.15) is 6.54 Å². The molecule has 2 heterocycles. The molecule has 2 aromatic heterocycles. The van der Waals surface area contributed by atoms with E-state index in [2.05, 4.69) is 4.98 Å². The average molecular weight is 425 g/mol. The van der Waals surface area contributed by atoms with Crippen LogP contribution in [-0.2, 0) is 16.1 Å². The van der Waals surface area contributed by atoms with Gasteiger partial charge in [-0.3, -0.25) is 9.59 Å². The second-order valence-corrected chi connectivity index (χ2v) is 7.49. The molecule has 0 radical (unpaired) electrons. The van der Waals surface area contributed by atoms with Crippen molar-refractivity contribution in [2.24, 2.45) is 0 Å². The van der Waals surface area contributed by atoms with Crippen molar-refractivity contribution >= 4 is 45.1 Å². The molecule has 4 aromatic rings. The molecule has 0 fully saturated rings. The maximum absolute atomic E-state index is 13.3. The van der Waals surface area contributed by atoms with Crippen molar-refractivity contribution in [3.63, 3.8) is 0 Å². The Hall–Kier alpha value is -3.32. The van der Waals surface area contributed by atoms with Gasteiger partial charge in [0.25, 0.3) is 0 Å². The van der Waals surface area contributed by atoms with Gasteiger partial charge in [0, 0.05) is 42.9 Å². The van der Waals surface area contributed by atoms with Crippen LogP contribution in [0, 0.1) is 0 Å². The quantitative estimate of drug-likeness (QED) is 0.361. The first kappa shape index (κ1) is 20.0. The zero-order chi connectivity index (χ0) is 21.4. The summed E-state index contributed by atoms with van der Waals surface area (Å²) in [5.74, 6) is -0.388. The highest BCUT2D eigenvalue weighted by Gasteiger charge is 2.20. The Labute approximate surface area is 178 Å². The molecule has 0 bridgehead atoms. The number of imidazole rings is 1. The summed E-state index contributed by atoms with van der Waals surface area (Å²) in [4.78, 5) is 31.7. The number of esters is 1. The summed E-state index contributed by atoms with van der Waals surface area (Å²) in [6.07, 6.45) is 5.18. The molecule has 2 aromatic carbocycles. The Bertz CT molecular complexity index is 1310. The fourth-order valence-corrected chi connectivity index (χ4v) is 4.03. The van der Waals surface area contributed by atoms with E-state index in [1.165, 1.54) is 0 Å². The van der Waals surface area contributed by atoms with E-state index in [4.69, 9.17) is 16.3 Å². The van der Waals surface area contributed by atoms with E-state index in [1.54, 1.807) is 37.6 Å². The van der Waals surface area contributed by atoms with Crippen molar-refractivity contribution in [3.8, 4) is 5.69 Å². The summed E-state index contributed by atoms with van der Waals surface area (Å²) in [6.45, 7) is 1.99. The highest BCUT2D eigenvalue weighted by molar-refractivity contribution is 6.35. The molecule has 0 amide bonds. The van der Waals surface area contributed by atoms with Crippen LogP contribution >= 0.6 is 11.6 Å². The van der Waals surface area contributed by atoms with Crippen LogP contribution in [0.5, 0.6) is 0 Å². The van der Waals surface area contributed by atoms with Crippen LogP contribution in [-0.4, -0.2) is 40.8 Å². The summed E-state index contributed by atoms with van der Waals surface area (Å²) in [5, 5.41) is 1.51. The van der Waals surface area contributed by atoms with Gasteiger partial charge in [-0.2, -0.15) is 0 Å². The zero-order valence-corrected chi connectivity index (χ0v) is 17.7. The number of ether oxygens (including phenoxy) is 1. The fourth-order valence-electron chi connectivity index (χ4n) is 3.71. The highest BCUT2D eigenvalue weighted by Crippen LogP contribution is 2.34. The normalized spacial score (nSPS) is 11.2. The minimum absolute atomic E-state index is 0.0459. The number of pyridine rings is 1. The van der Waals surface area contributed by atoms with Gasteiger partial charge in [0.15, 0.2) is 5.43 Å². The Kier molecular flexibility index (Phi) is 5.22. The summed E-state index contributed by atoms with van der Waals surface area (Å²) >= 11 is 6.50. The number of carbonyl (C=O) groups excluding carboxylic acids is 1. The van der Waals surface area contributed by atoms with Gasteiger partial charge in [0.2, 0.25) is 0 Å². The number of aromatic nitrogens is 3. The van der Waals surface area contributed by atoms with Crippen molar-refractivity contribution in [1.82, 2.24) is 14.1 Å². The Morgan fingerprint density at radius 2 is 1.97 bits per heavy atom. The minimum atomic E-state index is -0.388. The molecule has 0 spiro atoms. The molecule has 0 saturated heterocycles. The van der Waals surface area contributed by atoms with Crippen LogP contribution in [0.1, 0.15) is 6.92 Å². The van der Waals surface area contributed by atoms with E-state index >= 15 is 0 Å². The van der Waals surface area contributed by atoms with Crippen LogP contribution in [0.3, 0.4) is 0 Å². The number of nitrogens with zero attached hydrogens (tertiary/aromatic N) is 4. The van der Waals surface area contributed by atoms with Gasteiger partial charge in [-0.15, -0.1) is 0 Å². The van der Waals surface area contributed by atoms with Crippen LogP contribution in [0.25, 0.3) is 27.5 Å². The Balaban J connectivity index is 2.15.